The molecule has 0 aliphatic carbocycles. The summed E-state index contributed by atoms with van der Waals surface area (Å²) in [7, 11) is 0. The molecular weight excluding hydrogens is 338 g/mol. The Bertz CT molecular complexity index is 762. The van der Waals surface area contributed by atoms with Gasteiger partial charge in [0.15, 0.2) is 6.61 Å². The Morgan fingerprint density at radius 2 is 1.73 bits per heavy atom. The van der Waals surface area contributed by atoms with Crippen molar-refractivity contribution in [2.75, 3.05) is 13.2 Å². The van der Waals surface area contributed by atoms with E-state index in [2.05, 4.69) is 0 Å². The molecule has 8 nitrogen and oxygen atoms in total. The van der Waals surface area contributed by atoms with Crippen molar-refractivity contribution < 1.29 is 19.2 Å². The molecule has 2 rings (SSSR count). The molecule has 0 bridgehead atoms. The molecule has 136 valence electrons. The first kappa shape index (κ1) is 18.9. The second kappa shape index (κ2) is 9.16. The number of benzene rings is 2. The molecule has 26 heavy (non-hydrogen) atoms. The number of primary amides is 1. The Morgan fingerprint density at radius 3 is 2.31 bits per heavy atom. The summed E-state index contributed by atoms with van der Waals surface area (Å²) in [5, 5.41) is 10.6. The topological polar surface area (TPSA) is 116 Å². The predicted molar refractivity (Wildman–Crippen MR) is 94.3 cm³/mol. The van der Waals surface area contributed by atoms with E-state index in [-0.39, 0.29) is 31.2 Å². The average molecular weight is 357 g/mol. The number of carbonyl (C=O) groups is 2. The molecule has 2 aromatic carbocycles. The van der Waals surface area contributed by atoms with Gasteiger partial charge in [0.05, 0.1) is 4.92 Å². The summed E-state index contributed by atoms with van der Waals surface area (Å²) >= 11 is 0. The first-order valence-corrected chi connectivity index (χ1v) is 7.93. The molecule has 2 amide bonds. The monoisotopic (exact) mass is 357 g/mol. The SMILES string of the molecule is NC(=O)CCN(Cc1ccccc1)C(=O)COc1ccc([N+](=O)[O-])cc1. The molecule has 2 N–H and O–H groups in total. The highest BCUT2D eigenvalue weighted by Crippen LogP contribution is 2.17. The molecule has 0 aliphatic heterocycles. The second-order valence-electron chi connectivity index (χ2n) is 5.56. The molecule has 0 heterocycles. The average Bonchev–Trinajstić information content (AvgIpc) is 2.64. The van der Waals surface area contributed by atoms with Gasteiger partial charge in [-0.3, -0.25) is 19.7 Å². The molecule has 0 aromatic heterocycles. The lowest BCUT2D eigenvalue weighted by Gasteiger charge is -2.22. The van der Waals surface area contributed by atoms with Gasteiger partial charge >= 0.3 is 0 Å². The zero-order chi connectivity index (χ0) is 18.9. The van der Waals surface area contributed by atoms with Gasteiger partial charge in [-0.1, -0.05) is 30.3 Å². The van der Waals surface area contributed by atoms with Crippen molar-refractivity contribution in [3.05, 3.63) is 70.3 Å². The molecule has 0 atom stereocenters. The van der Waals surface area contributed by atoms with Crippen molar-refractivity contribution in [3.8, 4) is 5.75 Å². The van der Waals surface area contributed by atoms with Crippen LogP contribution in [-0.2, 0) is 16.1 Å². The minimum atomic E-state index is -0.514. The van der Waals surface area contributed by atoms with Crippen LogP contribution < -0.4 is 10.5 Å². The number of hydrogen-bond donors (Lipinski definition) is 1. The van der Waals surface area contributed by atoms with E-state index in [0.717, 1.165) is 5.56 Å². The molecule has 2 aromatic rings. The zero-order valence-electron chi connectivity index (χ0n) is 14.0. The van der Waals surface area contributed by atoms with Gasteiger partial charge in [0.2, 0.25) is 5.91 Å². The Labute approximate surface area is 150 Å². The van der Waals surface area contributed by atoms with Crippen molar-refractivity contribution in [1.82, 2.24) is 4.90 Å². The van der Waals surface area contributed by atoms with E-state index in [9.17, 15) is 19.7 Å². The molecule has 0 radical (unpaired) electrons. The zero-order valence-corrected chi connectivity index (χ0v) is 14.0. The summed E-state index contributed by atoms with van der Waals surface area (Å²) < 4.78 is 5.40. The minimum absolute atomic E-state index is 0.0517. The number of nitrogens with two attached hydrogens (primary N) is 1. The highest BCUT2D eigenvalue weighted by molar-refractivity contribution is 5.79. The number of amides is 2. The van der Waals surface area contributed by atoms with Gasteiger partial charge in [-0.2, -0.15) is 0 Å². The number of nitro benzene ring substituents is 1. The Hall–Kier alpha value is -3.42. The maximum atomic E-state index is 12.4. The van der Waals surface area contributed by atoms with Gasteiger partial charge in [0.25, 0.3) is 11.6 Å². The van der Waals surface area contributed by atoms with Gasteiger partial charge in [0, 0.05) is 31.6 Å². The van der Waals surface area contributed by atoms with Crippen LogP contribution in [0, 0.1) is 10.1 Å². The first-order valence-electron chi connectivity index (χ1n) is 7.93. The predicted octanol–water partition coefficient (Wildman–Crippen LogP) is 1.88. The lowest BCUT2D eigenvalue weighted by atomic mass is 10.2. The number of nitrogens with zero attached hydrogens (tertiary/aromatic N) is 2. The van der Waals surface area contributed by atoms with E-state index in [0.29, 0.717) is 12.3 Å². The molecular formula is C18H19N3O5. The smallest absolute Gasteiger partial charge is 0.269 e. The van der Waals surface area contributed by atoms with Crippen molar-refractivity contribution >= 4 is 17.5 Å². The molecule has 0 aliphatic rings. The summed E-state index contributed by atoms with van der Waals surface area (Å²) in [6.45, 7) is 0.270. The fraction of sp³-hybridized carbons (Fsp3) is 0.222. The Kier molecular flexibility index (Phi) is 6.67. The highest BCUT2D eigenvalue weighted by Gasteiger charge is 2.16. The number of rotatable bonds is 9. The summed E-state index contributed by atoms with van der Waals surface area (Å²) in [6, 6.07) is 14.8. The van der Waals surface area contributed by atoms with E-state index >= 15 is 0 Å². The molecule has 0 saturated carbocycles. The van der Waals surface area contributed by atoms with Crippen LogP contribution in [0.1, 0.15) is 12.0 Å². The summed E-state index contributed by atoms with van der Waals surface area (Å²) in [5.74, 6) is -0.459. The summed E-state index contributed by atoms with van der Waals surface area (Å²) in [4.78, 5) is 35.1. The van der Waals surface area contributed by atoms with E-state index in [1.807, 2.05) is 30.3 Å². The Balaban J connectivity index is 1.98. The number of hydrogen-bond acceptors (Lipinski definition) is 5. The van der Waals surface area contributed by atoms with E-state index < -0.39 is 10.8 Å². The summed E-state index contributed by atoms with van der Waals surface area (Å²) in [5.41, 5.74) is 6.03. The van der Waals surface area contributed by atoms with Crippen LogP contribution in [0.5, 0.6) is 5.75 Å². The fourth-order valence-corrected chi connectivity index (χ4v) is 2.24. The third kappa shape index (κ3) is 5.90. The van der Waals surface area contributed by atoms with Gasteiger partial charge in [-0.15, -0.1) is 0 Å². The first-order chi connectivity index (χ1) is 12.5. The third-order valence-electron chi connectivity index (χ3n) is 3.61. The minimum Gasteiger partial charge on any atom is -0.484 e. The van der Waals surface area contributed by atoms with Crippen LogP contribution in [-0.4, -0.2) is 34.8 Å². The molecule has 0 spiro atoms. The van der Waals surface area contributed by atoms with Gasteiger partial charge < -0.3 is 15.4 Å². The third-order valence-corrected chi connectivity index (χ3v) is 3.61. The number of carbonyl (C=O) groups excluding carboxylic acids is 2. The number of nitro groups is 1. The lowest BCUT2D eigenvalue weighted by Crippen LogP contribution is -2.36. The van der Waals surface area contributed by atoms with Crippen LogP contribution in [0.4, 0.5) is 5.69 Å². The lowest BCUT2D eigenvalue weighted by molar-refractivity contribution is -0.384. The van der Waals surface area contributed by atoms with Gasteiger partial charge in [0.1, 0.15) is 5.75 Å². The van der Waals surface area contributed by atoms with Crippen LogP contribution in [0.15, 0.2) is 54.6 Å². The normalized spacial score (nSPS) is 10.2. The largest absolute Gasteiger partial charge is 0.484 e. The quantitative estimate of drug-likeness (QED) is 0.543. The highest BCUT2D eigenvalue weighted by atomic mass is 16.6. The maximum absolute atomic E-state index is 12.4. The van der Waals surface area contributed by atoms with Crippen LogP contribution in [0.25, 0.3) is 0 Å². The number of ether oxygens (including phenoxy) is 1. The van der Waals surface area contributed by atoms with E-state index in [1.54, 1.807) is 0 Å². The summed E-state index contributed by atoms with van der Waals surface area (Å²) in [6.07, 6.45) is 0.0517. The van der Waals surface area contributed by atoms with Crippen molar-refractivity contribution in [2.45, 2.75) is 13.0 Å². The van der Waals surface area contributed by atoms with E-state index in [4.69, 9.17) is 10.5 Å². The Morgan fingerprint density at radius 1 is 1.08 bits per heavy atom. The maximum Gasteiger partial charge on any atom is 0.269 e. The van der Waals surface area contributed by atoms with Crippen molar-refractivity contribution in [2.24, 2.45) is 5.73 Å². The second-order valence-corrected chi connectivity index (χ2v) is 5.56. The van der Waals surface area contributed by atoms with Crippen molar-refractivity contribution in [3.63, 3.8) is 0 Å². The van der Waals surface area contributed by atoms with Crippen molar-refractivity contribution in [1.29, 1.82) is 0 Å². The van der Waals surface area contributed by atoms with Crippen LogP contribution >= 0.6 is 0 Å². The molecule has 0 saturated heterocycles. The fourth-order valence-electron chi connectivity index (χ4n) is 2.24. The van der Waals surface area contributed by atoms with Crippen LogP contribution in [0.3, 0.4) is 0 Å². The van der Waals surface area contributed by atoms with E-state index in [1.165, 1.54) is 29.2 Å². The molecule has 8 heteroatoms. The van der Waals surface area contributed by atoms with Gasteiger partial charge in [-0.25, -0.2) is 0 Å². The van der Waals surface area contributed by atoms with Gasteiger partial charge in [-0.05, 0) is 17.7 Å². The van der Waals surface area contributed by atoms with Crippen LogP contribution in [0.2, 0.25) is 0 Å². The molecule has 0 fully saturated rings. The standard InChI is InChI=1S/C18H19N3O5/c19-17(22)10-11-20(12-14-4-2-1-3-5-14)18(23)13-26-16-8-6-15(7-9-16)21(24)25/h1-9H,10-13H2,(H2,19,22). The molecule has 0 unspecified atom stereocenters. The number of non-ortho nitro benzene ring substituents is 1.